The highest BCUT2D eigenvalue weighted by atomic mass is 19.4. The number of ether oxygens (including phenoxy) is 3. The van der Waals surface area contributed by atoms with Crippen LogP contribution in [0.4, 0.5) is 13.2 Å². The Balaban J connectivity index is 1.67. The van der Waals surface area contributed by atoms with Crippen molar-refractivity contribution in [2.24, 2.45) is 7.05 Å². The number of alkyl halides is 3. The molecule has 12 heteroatoms. The van der Waals surface area contributed by atoms with Crippen molar-refractivity contribution in [1.29, 1.82) is 0 Å². The number of hydrogen-bond donors (Lipinski definition) is 0. The average molecular weight is 525 g/mol. The zero-order valence-corrected chi connectivity index (χ0v) is 20.6. The number of fused-ring (bicyclic) bond motifs is 2. The van der Waals surface area contributed by atoms with E-state index in [0.717, 1.165) is 10.9 Å². The topological polar surface area (TPSA) is 93.3 Å². The van der Waals surface area contributed by atoms with Crippen LogP contribution in [0.2, 0.25) is 0 Å². The molecule has 38 heavy (non-hydrogen) atoms. The monoisotopic (exact) mass is 525 g/mol. The van der Waals surface area contributed by atoms with Crippen LogP contribution >= 0.6 is 0 Å². The molecule has 5 rings (SSSR count). The Labute approximate surface area is 214 Å². The van der Waals surface area contributed by atoms with Crippen molar-refractivity contribution < 1.29 is 27.4 Å². The van der Waals surface area contributed by atoms with Gasteiger partial charge < -0.3 is 14.2 Å². The van der Waals surface area contributed by atoms with Crippen LogP contribution in [0.1, 0.15) is 5.56 Å². The van der Waals surface area contributed by atoms with E-state index < -0.39 is 18.3 Å². The summed E-state index contributed by atoms with van der Waals surface area (Å²) < 4.78 is 56.7. The van der Waals surface area contributed by atoms with Crippen molar-refractivity contribution in [3.8, 4) is 28.6 Å². The lowest BCUT2D eigenvalue weighted by atomic mass is 10.1. The first-order valence-corrected chi connectivity index (χ1v) is 11.4. The normalized spacial score (nSPS) is 11.7. The lowest BCUT2D eigenvalue weighted by Gasteiger charge is -2.15. The summed E-state index contributed by atoms with van der Waals surface area (Å²) in [5.74, 6) is 0.692. The van der Waals surface area contributed by atoms with E-state index in [4.69, 9.17) is 14.2 Å². The van der Waals surface area contributed by atoms with Crippen LogP contribution in [0.25, 0.3) is 33.3 Å². The molecule has 3 heterocycles. The number of hydrogen-bond acceptors (Lipinski definition) is 7. The number of benzene rings is 2. The maximum Gasteiger partial charge on any atom is 0.422 e. The summed E-state index contributed by atoms with van der Waals surface area (Å²) in [6.07, 6.45) is -2.71. The number of pyridine rings is 1. The summed E-state index contributed by atoms with van der Waals surface area (Å²) >= 11 is 0. The summed E-state index contributed by atoms with van der Waals surface area (Å²) in [4.78, 5) is 22.5. The molecule has 0 radical (unpaired) electrons. The van der Waals surface area contributed by atoms with Gasteiger partial charge in [0.05, 0.1) is 26.3 Å². The number of methoxy groups -OCH3 is 2. The number of rotatable bonds is 7. The quantitative estimate of drug-likeness (QED) is 0.312. The minimum atomic E-state index is -4.54. The molecule has 2 aromatic carbocycles. The molecule has 0 atom stereocenters. The fourth-order valence-corrected chi connectivity index (χ4v) is 4.13. The summed E-state index contributed by atoms with van der Waals surface area (Å²) in [5.41, 5.74) is 2.08. The standard InChI is InChI=1S/C26H22F3N5O4/c1-33-13-17-11-16(5-6-18(17)32-33)23-25(35)34(12-15-4-8-20(36-2)21(10-15)37-3)24-19(30-23)7-9-22(31-24)38-14-26(27,28)29/h4-11,13H,12,14H2,1-3H3. The predicted molar refractivity (Wildman–Crippen MR) is 134 cm³/mol. The molecule has 5 aromatic rings. The molecule has 0 aliphatic carbocycles. The van der Waals surface area contributed by atoms with E-state index in [1.165, 1.54) is 30.9 Å². The van der Waals surface area contributed by atoms with E-state index in [1.54, 1.807) is 42.1 Å². The van der Waals surface area contributed by atoms with Crippen LogP contribution in [-0.4, -0.2) is 51.3 Å². The predicted octanol–water partition coefficient (Wildman–Crippen LogP) is 4.35. The maximum atomic E-state index is 13.8. The fraction of sp³-hybridized carbons (Fsp3) is 0.231. The molecule has 0 aliphatic rings. The first-order chi connectivity index (χ1) is 18.1. The first-order valence-electron chi connectivity index (χ1n) is 11.4. The molecule has 9 nitrogen and oxygen atoms in total. The van der Waals surface area contributed by atoms with Crippen LogP contribution in [0, 0.1) is 0 Å². The van der Waals surface area contributed by atoms with Crippen LogP contribution in [-0.2, 0) is 13.6 Å². The fourth-order valence-electron chi connectivity index (χ4n) is 4.13. The number of halogens is 3. The minimum Gasteiger partial charge on any atom is -0.493 e. The van der Waals surface area contributed by atoms with Gasteiger partial charge >= 0.3 is 6.18 Å². The summed E-state index contributed by atoms with van der Waals surface area (Å²) in [5, 5.41) is 5.18. The van der Waals surface area contributed by atoms with E-state index in [1.807, 2.05) is 12.3 Å². The Hall–Kier alpha value is -4.61. The highest BCUT2D eigenvalue weighted by Gasteiger charge is 2.29. The van der Waals surface area contributed by atoms with E-state index >= 15 is 0 Å². The SMILES string of the molecule is COc1ccc(Cn2c(=O)c(-c3ccc4nn(C)cc4c3)nc3ccc(OCC(F)(F)F)nc32)cc1OC. The lowest BCUT2D eigenvalue weighted by molar-refractivity contribution is -0.154. The first kappa shape index (κ1) is 25.1. The van der Waals surface area contributed by atoms with Crippen molar-refractivity contribution in [2.45, 2.75) is 12.7 Å². The molecule has 3 aromatic heterocycles. The van der Waals surface area contributed by atoms with Gasteiger partial charge in [-0.3, -0.25) is 14.0 Å². The second-order valence-electron chi connectivity index (χ2n) is 8.51. The number of nitrogens with zero attached hydrogens (tertiary/aromatic N) is 5. The van der Waals surface area contributed by atoms with Gasteiger partial charge in [-0.15, -0.1) is 0 Å². The van der Waals surface area contributed by atoms with Crippen molar-refractivity contribution in [1.82, 2.24) is 24.3 Å². The third-order valence-corrected chi connectivity index (χ3v) is 5.83. The van der Waals surface area contributed by atoms with Gasteiger partial charge in [0.25, 0.3) is 5.56 Å². The Morgan fingerprint density at radius 2 is 1.68 bits per heavy atom. The molecule has 0 saturated heterocycles. The Morgan fingerprint density at radius 3 is 2.42 bits per heavy atom. The average Bonchev–Trinajstić information content (AvgIpc) is 3.27. The third kappa shape index (κ3) is 4.97. The zero-order chi connectivity index (χ0) is 27.0. The largest absolute Gasteiger partial charge is 0.493 e. The van der Waals surface area contributed by atoms with Gasteiger partial charge in [0.2, 0.25) is 5.88 Å². The second kappa shape index (κ2) is 9.69. The third-order valence-electron chi connectivity index (χ3n) is 5.83. The highest BCUT2D eigenvalue weighted by Crippen LogP contribution is 2.29. The molecular formula is C26H22F3N5O4. The minimum absolute atomic E-state index is 0.0378. The van der Waals surface area contributed by atoms with E-state index in [0.29, 0.717) is 28.1 Å². The Morgan fingerprint density at radius 1 is 0.921 bits per heavy atom. The van der Waals surface area contributed by atoms with Gasteiger partial charge in [0.1, 0.15) is 11.2 Å². The smallest absolute Gasteiger partial charge is 0.422 e. The summed E-state index contributed by atoms with van der Waals surface area (Å²) in [6, 6.07) is 13.3. The van der Waals surface area contributed by atoms with Crippen LogP contribution < -0.4 is 19.8 Å². The Bertz CT molecular complexity index is 1710. The summed E-state index contributed by atoms with van der Waals surface area (Å²) in [7, 11) is 4.80. The van der Waals surface area contributed by atoms with Crippen molar-refractivity contribution in [2.75, 3.05) is 20.8 Å². The van der Waals surface area contributed by atoms with Gasteiger partial charge in [0.15, 0.2) is 23.8 Å². The van der Waals surface area contributed by atoms with Gasteiger partial charge in [-0.2, -0.15) is 23.3 Å². The lowest BCUT2D eigenvalue weighted by Crippen LogP contribution is -2.25. The van der Waals surface area contributed by atoms with E-state index in [2.05, 4.69) is 15.1 Å². The summed E-state index contributed by atoms with van der Waals surface area (Å²) in [6.45, 7) is -1.47. The molecule has 0 N–H and O–H groups in total. The van der Waals surface area contributed by atoms with Crippen LogP contribution in [0.15, 0.2) is 59.5 Å². The zero-order valence-electron chi connectivity index (χ0n) is 20.6. The van der Waals surface area contributed by atoms with E-state index in [9.17, 15) is 18.0 Å². The molecule has 0 amide bonds. The van der Waals surface area contributed by atoms with Gasteiger partial charge in [0, 0.05) is 30.3 Å². The van der Waals surface area contributed by atoms with E-state index in [-0.39, 0.29) is 23.8 Å². The molecule has 196 valence electrons. The van der Waals surface area contributed by atoms with Crippen LogP contribution in [0.3, 0.4) is 0 Å². The molecule has 0 aliphatic heterocycles. The molecule has 0 fully saturated rings. The molecule has 0 bridgehead atoms. The van der Waals surface area contributed by atoms with Gasteiger partial charge in [-0.1, -0.05) is 12.1 Å². The van der Waals surface area contributed by atoms with Crippen molar-refractivity contribution in [3.63, 3.8) is 0 Å². The maximum absolute atomic E-state index is 13.8. The molecule has 0 unspecified atom stereocenters. The highest BCUT2D eigenvalue weighted by molar-refractivity contribution is 5.84. The molecule has 0 saturated carbocycles. The second-order valence-corrected chi connectivity index (χ2v) is 8.51. The molecular weight excluding hydrogens is 503 g/mol. The number of aryl methyl sites for hydroxylation is 1. The van der Waals surface area contributed by atoms with Gasteiger partial charge in [-0.25, -0.2) is 4.98 Å². The Kier molecular flexibility index (Phi) is 6.39. The van der Waals surface area contributed by atoms with Crippen molar-refractivity contribution in [3.05, 3.63) is 70.6 Å². The number of aromatic nitrogens is 5. The van der Waals surface area contributed by atoms with Crippen molar-refractivity contribution >= 4 is 22.1 Å². The molecule has 0 spiro atoms. The van der Waals surface area contributed by atoms with Crippen LogP contribution in [0.5, 0.6) is 17.4 Å². The van der Waals surface area contributed by atoms with Gasteiger partial charge in [-0.05, 0) is 35.9 Å².